The van der Waals surface area contributed by atoms with Crippen molar-refractivity contribution in [3.63, 3.8) is 0 Å². The van der Waals surface area contributed by atoms with Crippen LogP contribution in [0.5, 0.6) is 0 Å². The number of hydrogen-bond acceptors (Lipinski definition) is 3. The lowest BCUT2D eigenvalue weighted by molar-refractivity contribution is -0.132. The first kappa shape index (κ1) is 15.4. The molecule has 0 spiro atoms. The standard InChI is InChI=1S/C15H20FN3O2/c16-13-3-1-2-12(10-13)11-15(21)19-8-6-18(7-9-19)5-4-14(17)20/h1-3,10H,4-9,11H2,(H2,17,20). The van der Waals surface area contributed by atoms with Gasteiger partial charge in [0.25, 0.3) is 0 Å². The molecule has 1 fully saturated rings. The molecule has 6 heteroatoms. The summed E-state index contributed by atoms with van der Waals surface area (Å²) >= 11 is 0. The summed E-state index contributed by atoms with van der Waals surface area (Å²) in [6.07, 6.45) is 0.566. The quantitative estimate of drug-likeness (QED) is 0.854. The lowest BCUT2D eigenvalue weighted by Crippen LogP contribution is -2.49. The van der Waals surface area contributed by atoms with Crippen LogP contribution in [0.4, 0.5) is 4.39 Å². The van der Waals surface area contributed by atoms with Gasteiger partial charge >= 0.3 is 0 Å². The van der Waals surface area contributed by atoms with Crippen LogP contribution >= 0.6 is 0 Å². The number of carbonyl (C=O) groups is 2. The van der Waals surface area contributed by atoms with E-state index >= 15 is 0 Å². The van der Waals surface area contributed by atoms with Gasteiger partial charge in [-0.2, -0.15) is 0 Å². The van der Waals surface area contributed by atoms with Crippen molar-refractivity contribution < 1.29 is 14.0 Å². The Morgan fingerprint density at radius 2 is 1.90 bits per heavy atom. The monoisotopic (exact) mass is 293 g/mol. The average Bonchev–Trinajstić information content (AvgIpc) is 2.45. The van der Waals surface area contributed by atoms with E-state index in [0.29, 0.717) is 31.6 Å². The highest BCUT2D eigenvalue weighted by Gasteiger charge is 2.21. The molecule has 1 aromatic carbocycles. The minimum atomic E-state index is -0.323. The maximum absolute atomic E-state index is 13.1. The second-order valence-electron chi connectivity index (χ2n) is 5.25. The summed E-state index contributed by atoms with van der Waals surface area (Å²) in [5.41, 5.74) is 5.81. The highest BCUT2D eigenvalue weighted by Crippen LogP contribution is 2.09. The van der Waals surface area contributed by atoms with Crippen LogP contribution in [0.1, 0.15) is 12.0 Å². The Morgan fingerprint density at radius 1 is 1.19 bits per heavy atom. The number of hydrogen-bond donors (Lipinski definition) is 1. The maximum atomic E-state index is 13.1. The second kappa shape index (κ2) is 7.17. The first-order chi connectivity index (χ1) is 10.0. The van der Waals surface area contributed by atoms with Crippen LogP contribution in [0.3, 0.4) is 0 Å². The molecule has 0 saturated carbocycles. The van der Waals surface area contributed by atoms with E-state index in [4.69, 9.17) is 5.73 Å². The lowest BCUT2D eigenvalue weighted by atomic mass is 10.1. The number of nitrogens with two attached hydrogens (primary N) is 1. The molecule has 0 bridgehead atoms. The zero-order valence-electron chi connectivity index (χ0n) is 11.9. The Bertz CT molecular complexity index is 513. The molecule has 21 heavy (non-hydrogen) atoms. The molecule has 114 valence electrons. The van der Waals surface area contributed by atoms with E-state index in [2.05, 4.69) is 4.90 Å². The average molecular weight is 293 g/mol. The summed E-state index contributed by atoms with van der Waals surface area (Å²) < 4.78 is 13.1. The molecule has 1 saturated heterocycles. The fourth-order valence-electron chi connectivity index (χ4n) is 2.42. The summed E-state index contributed by atoms with van der Waals surface area (Å²) in [5.74, 6) is -0.619. The van der Waals surface area contributed by atoms with Crippen LogP contribution in [0.2, 0.25) is 0 Å². The number of halogens is 1. The molecule has 1 aliphatic heterocycles. The van der Waals surface area contributed by atoms with Gasteiger partial charge in [0.05, 0.1) is 6.42 Å². The van der Waals surface area contributed by atoms with Crippen LogP contribution in [-0.2, 0) is 16.0 Å². The predicted octanol–water partition coefficient (Wildman–Crippen LogP) is 0.388. The maximum Gasteiger partial charge on any atom is 0.227 e. The molecular weight excluding hydrogens is 273 g/mol. The molecule has 0 aromatic heterocycles. The van der Waals surface area contributed by atoms with Gasteiger partial charge in [-0.05, 0) is 17.7 Å². The molecule has 2 amide bonds. The van der Waals surface area contributed by atoms with Crippen LogP contribution in [-0.4, -0.2) is 54.3 Å². The fourth-order valence-corrected chi connectivity index (χ4v) is 2.42. The van der Waals surface area contributed by atoms with Gasteiger partial charge in [0.2, 0.25) is 11.8 Å². The summed E-state index contributed by atoms with van der Waals surface area (Å²) in [6.45, 7) is 3.38. The van der Waals surface area contributed by atoms with Crippen molar-refractivity contribution >= 4 is 11.8 Å². The minimum Gasteiger partial charge on any atom is -0.370 e. The zero-order valence-corrected chi connectivity index (χ0v) is 11.9. The van der Waals surface area contributed by atoms with Crippen molar-refractivity contribution in [3.8, 4) is 0 Å². The highest BCUT2D eigenvalue weighted by molar-refractivity contribution is 5.79. The van der Waals surface area contributed by atoms with Crippen molar-refractivity contribution in [1.82, 2.24) is 9.80 Å². The molecule has 1 aromatic rings. The van der Waals surface area contributed by atoms with Crippen molar-refractivity contribution in [2.24, 2.45) is 5.73 Å². The first-order valence-corrected chi connectivity index (χ1v) is 7.07. The number of primary amides is 1. The van der Waals surface area contributed by atoms with E-state index in [1.165, 1.54) is 12.1 Å². The Balaban J connectivity index is 1.79. The van der Waals surface area contributed by atoms with Gasteiger partial charge in [-0.3, -0.25) is 14.5 Å². The lowest BCUT2D eigenvalue weighted by Gasteiger charge is -2.34. The zero-order chi connectivity index (χ0) is 15.2. The molecule has 0 radical (unpaired) electrons. The topological polar surface area (TPSA) is 66.6 Å². The smallest absolute Gasteiger partial charge is 0.227 e. The predicted molar refractivity (Wildman–Crippen MR) is 76.9 cm³/mol. The SMILES string of the molecule is NC(=O)CCN1CCN(C(=O)Cc2cccc(F)c2)CC1. The number of carbonyl (C=O) groups excluding carboxylic acids is 2. The van der Waals surface area contributed by atoms with Gasteiger partial charge in [-0.25, -0.2) is 4.39 Å². The number of benzene rings is 1. The van der Waals surface area contributed by atoms with Gasteiger partial charge in [-0.1, -0.05) is 12.1 Å². The second-order valence-corrected chi connectivity index (χ2v) is 5.25. The third kappa shape index (κ3) is 4.82. The Morgan fingerprint density at radius 3 is 2.52 bits per heavy atom. The molecule has 2 N–H and O–H groups in total. The summed E-state index contributed by atoms with van der Waals surface area (Å²) in [7, 11) is 0. The van der Waals surface area contributed by atoms with E-state index in [-0.39, 0.29) is 24.1 Å². The van der Waals surface area contributed by atoms with E-state index in [1.54, 1.807) is 17.0 Å². The van der Waals surface area contributed by atoms with Gasteiger partial charge in [0, 0.05) is 39.1 Å². The largest absolute Gasteiger partial charge is 0.370 e. The van der Waals surface area contributed by atoms with Crippen LogP contribution < -0.4 is 5.73 Å². The van der Waals surface area contributed by atoms with Crippen LogP contribution in [0.15, 0.2) is 24.3 Å². The van der Waals surface area contributed by atoms with Crippen molar-refractivity contribution in [2.45, 2.75) is 12.8 Å². The Hall–Kier alpha value is -1.95. The van der Waals surface area contributed by atoms with Crippen molar-refractivity contribution in [1.29, 1.82) is 0 Å². The van der Waals surface area contributed by atoms with Crippen LogP contribution in [0.25, 0.3) is 0 Å². The van der Waals surface area contributed by atoms with Crippen molar-refractivity contribution in [3.05, 3.63) is 35.6 Å². The van der Waals surface area contributed by atoms with Crippen molar-refractivity contribution in [2.75, 3.05) is 32.7 Å². The highest BCUT2D eigenvalue weighted by atomic mass is 19.1. The summed E-state index contributed by atoms with van der Waals surface area (Å²) in [4.78, 5) is 26.8. The summed E-state index contributed by atoms with van der Waals surface area (Å²) in [6, 6.07) is 6.12. The van der Waals surface area contributed by atoms with E-state index in [0.717, 1.165) is 13.1 Å². The minimum absolute atomic E-state index is 0.00940. The first-order valence-electron chi connectivity index (χ1n) is 7.07. The Labute approximate surface area is 123 Å². The molecule has 0 unspecified atom stereocenters. The van der Waals surface area contributed by atoms with Gasteiger partial charge in [0.1, 0.15) is 5.82 Å². The molecule has 5 nitrogen and oxygen atoms in total. The van der Waals surface area contributed by atoms with E-state index in [1.807, 2.05) is 0 Å². The van der Waals surface area contributed by atoms with Gasteiger partial charge < -0.3 is 10.6 Å². The molecular formula is C15H20FN3O2. The molecule has 2 rings (SSSR count). The molecule has 0 atom stereocenters. The number of nitrogens with zero attached hydrogens (tertiary/aromatic N) is 2. The van der Waals surface area contributed by atoms with E-state index < -0.39 is 0 Å². The normalized spacial score (nSPS) is 16.0. The van der Waals surface area contributed by atoms with Gasteiger partial charge in [-0.15, -0.1) is 0 Å². The molecule has 0 aliphatic carbocycles. The Kier molecular flexibility index (Phi) is 5.27. The number of rotatable bonds is 5. The number of amides is 2. The molecule has 1 heterocycles. The third-order valence-corrected chi connectivity index (χ3v) is 3.64. The fraction of sp³-hybridized carbons (Fsp3) is 0.467. The van der Waals surface area contributed by atoms with E-state index in [9.17, 15) is 14.0 Å². The number of piperazine rings is 1. The summed E-state index contributed by atoms with van der Waals surface area (Å²) in [5, 5.41) is 0. The van der Waals surface area contributed by atoms with Crippen LogP contribution in [0, 0.1) is 5.82 Å². The molecule has 1 aliphatic rings. The third-order valence-electron chi connectivity index (χ3n) is 3.64. The van der Waals surface area contributed by atoms with Gasteiger partial charge in [0.15, 0.2) is 0 Å².